The van der Waals surface area contributed by atoms with E-state index in [1.807, 2.05) is 38.6 Å². The summed E-state index contributed by atoms with van der Waals surface area (Å²) < 4.78 is 0. The Hall–Kier alpha value is -1.01. The van der Waals surface area contributed by atoms with E-state index in [1.54, 1.807) is 12.4 Å². The molecule has 0 aliphatic carbocycles. The topological polar surface area (TPSA) is 50.3 Å². The number of amides is 1. The van der Waals surface area contributed by atoms with Crippen LogP contribution in [0.4, 0.5) is 0 Å². The summed E-state index contributed by atoms with van der Waals surface area (Å²) in [5, 5.41) is 0.803. The normalized spacial score (nSPS) is 21.1. The molecule has 6 heteroatoms. The molecule has 2 fully saturated rings. The Balaban J connectivity index is 1.32. The quantitative estimate of drug-likeness (QED) is 0.491. The fraction of sp³-hybridized carbons (Fsp3) is 0.650. The lowest BCUT2D eigenvalue weighted by atomic mass is 9.89. The standard InChI is InChI=1S/C20H28N2O2S2/c23-19(15-16-5-10-21-11-6-16)17-7-12-22(13-8-17)20(24)4-2-1-3-18-9-14-25-26-18/h5-6,10-11,17-18H,1-4,7-9,12-15H2. The van der Waals surface area contributed by atoms with Gasteiger partial charge in [0, 0.05) is 55.2 Å². The Morgan fingerprint density at radius 2 is 1.88 bits per heavy atom. The molecule has 3 rings (SSSR count). The van der Waals surface area contributed by atoms with E-state index in [1.165, 1.54) is 18.6 Å². The van der Waals surface area contributed by atoms with Crippen LogP contribution in [0.15, 0.2) is 24.5 Å². The van der Waals surface area contributed by atoms with E-state index in [4.69, 9.17) is 0 Å². The molecule has 2 aliphatic rings. The number of ketones is 1. The van der Waals surface area contributed by atoms with Gasteiger partial charge >= 0.3 is 0 Å². The number of rotatable bonds is 8. The minimum atomic E-state index is 0.101. The molecule has 0 bridgehead atoms. The van der Waals surface area contributed by atoms with Crippen LogP contribution in [0.25, 0.3) is 0 Å². The SMILES string of the molecule is O=C(Cc1ccncc1)C1CCN(C(=O)CCCCC2CCSS2)CC1. The highest BCUT2D eigenvalue weighted by atomic mass is 33.1. The van der Waals surface area contributed by atoms with Crippen LogP contribution in [0.1, 0.15) is 50.5 Å². The molecule has 142 valence electrons. The monoisotopic (exact) mass is 392 g/mol. The molecule has 3 heterocycles. The largest absolute Gasteiger partial charge is 0.343 e. The first-order valence-corrected chi connectivity index (χ1v) is 12.1. The number of unbranched alkanes of at least 4 members (excludes halogenated alkanes) is 1. The van der Waals surface area contributed by atoms with Crippen LogP contribution in [0.2, 0.25) is 0 Å². The van der Waals surface area contributed by atoms with Gasteiger partial charge in [-0.15, -0.1) is 0 Å². The summed E-state index contributed by atoms with van der Waals surface area (Å²) in [4.78, 5) is 30.8. The lowest BCUT2D eigenvalue weighted by Gasteiger charge is -2.31. The maximum absolute atomic E-state index is 12.5. The second kappa shape index (κ2) is 10.4. The van der Waals surface area contributed by atoms with E-state index in [9.17, 15) is 9.59 Å². The summed E-state index contributed by atoms with van der Waals surface area (Å²) in [5.41, 5.74) is 1.03. The third-order valence-corrected chi connectivity index (χ3v) is 8.33. The Bertz CT molecular complexity index is 583. The lowest BCUT2D eigenvalue weighted by molar-refractivity contribution is -0.135. The van der Waals surface area contributed by atoms with Crippen molar-refractivity contribution in [3.63, 3.8) is 0 Å². The molecular formula is C20H28N2O2S2. The van der Waals surface area contributed by atoms with Gasteiger partial charge in [0.15, 0.2) is 0 Å². The third kappa shape index (κ3) is 6.02. The molecular weight excluding hydrogens is 364 g/mol. The van der Waals surface area contributed by atoms with Crippen molar-refractivity contribution in [1.82, 2.24) is 9.88 Å². The summed E-state index contributed by atoms with van der Waals surface area (Å²) in [6, 6.07) is 3.80. The third-order valence-electron chi connectivity index (χ3n) is 5.32. The van der Waals surface area contributed by atoms with Crippen molar-refractivity contribution in [3.05, 3.63) is 30.1 Å². The first-order valence-electron chi connectivity index (χ1n) is 9.70. The van der Waals surface area contributed by atoms with Crippen LogP contribution in [0, 0.1) is 5.92 Å². The van der Waals surface area contributed by atoms with Crippen molar-refractivity contribution in [2.24, 2.45) is 5.92 Å². The van der Waals surface area contributed by atoms with Crippen LogP contribution < -0.4 is 0 Å². The molecule has 2 aliphatic heterocycles. The minimum Gasteiger partial charge on any atom is -0.343 e. The van der Waals surface area contributed by atoms with Gasteiger partial charge in [0.2, 0.25) is 5.91 Å². The number of aromatic nitrogens is 1. The van der Waals surface area contributed by atoms with Gasteiger partial charge in [-0.2, -0.15) is 0 Å². The zero-order valence-electron chi connectivity index (χ0n) is 15.3. The number of piperidine rings is 1. The Morgan fingerprint density at radius 3 is 2.58 bits per heavy atom. The smallest absolute Gasteiger partial charge is 0.222 e. The van der Waals surface area contributed by atoms with E-state index in [2.05, 4.69) is 4.98 Å². The molecule has 2 saturated heterocycles. The highest BCUT2D eigenvalue weighted by Gasteiger charge is 2.27. The Morgan fingerprint density at radius 1 is 1.12 bits per heavy atom. The molecule has 0 aromatic carbocycles. The molecule has 1 atom stereocenters. The van der Waals surface area contributed by atoms with Crippen LogP contribution in [-0.4, -0.2) is 45.7 Å². The highest BCUT2D eigenvalue weighted by Crippen LogP contribution is 2.39. The minimum absolute atomic E-state index is 0.101. The van der Waals surface area contributed by atoms with Gasteiger partial charge < -0.3 is 4.90 Å². The first kappa shape index (κ1) is 19.7. The van der Waals surface area contributed by atoms with Gasteiger partial charge in [-0.3, -0.25) is 14.6 Å². The van der Waals surface area contributed by atoms with Gasteiger partial charge in [0.05, 0.1) is 0 Å². The van der Waals surface area contributed by atoms with Crippen molar-refractivity contribution in [1.29, 1.82) is 0 Å². The molecule has 0 radical (unpaired) electrons. The Kier molecular flexibility index (Phi) is 7.86. The van der Waals surface area contributed by atoms with Gasteiger partial charge in [-0.1, -0.05) is 28.0 Å². The molecule has 1 unspecified atom stereocenters. The second-order valence-corrected chi connectivity index (χ2v) is 10.0. The van der Waals surface area contributed by atoms with Crippen molar-refractivity contribution < 1.29 is 9.59 Å². The number of hydrogen-bond donors (Lipinski definition) is 0. The summed E-state index contributed by atoms with van der Waals surface area (Å²) in [5.74, 6) is 1.96. The van der Waals surface area contributed by atoms with Crippen LogP contribution in [0.3, 0.4) is 0 Å². The highest BCUT2D eigenvalue weighted by molar-refractivity contribution is 8.77. The number of likely N-dealkylation sites (tertiary alicyclic amines) is 1. The van der Waals surface area contributed by atoms with Gasteiger partial charge in [-0.25, -0.2) is 0 Å². The Labute approximate surface area is 164 Å². The first-order chi connectivity index (χ1) is 12.7. The van der Waals surface area contributed by atoms with E-state index in [0.717, 1.165) is 49.6 Å². The van der Waals surface area contributed by atoms with Crippen molar-refractivity contribution in [3.8, 4) is 0 Å². The average molecular weight is 393 g/mol. The molecule has 0 N–H and O–H groups in total. The molecule has 1 aromatic heterocycles. The summed E-state index contributed by atoms with van der Waals surface area (Å²) in [6.45, 7) is 1.47. The number of hydrogen-bond acceptors (Lipinski definition) is 5. The van der Waals surface area contributed by atoms with Crippen LogP contribution in [-0.2, 0) is 16.0 Å². The molecule has 1 aromatic rings. The average Bonchev–Trinajstić information content (AvgIpc) is 3.19. The summed E-state index contributed by atoms with van der Waals surface area (Å²) in [7, 11) is 4.00. The lowest BCUT2D eigenvalue weighted by Crippen LogP contribution is -2.40. The van der Waals surface area contributed by atoms with E-state index >= 15 is 0 Å². The maximum Gasteiger partial charge on any atom is 0.222 e. The number of pyridine rings is 1. The van der Waals surface area contributed by atoms with E-state index in [-0.39, 0.29) is 11.8 Å². The molecule has 0 spiro atoms. The van der Waals surface area contributed by atoms with Crippen molar-refractivity contribution in [2.75, 3.05) is 18.8 Å². The van der Waals surface area contributed by atoms with Crippen LogP contribution in [0.5, 0.6) is 0 Å². The van der Waals surface area contributed by atoms with Crippen molar-refractivity contribution >= 4 is 33.3 Å². The fourth-order valence-electron chi connectivity index (χ4n) is 3.67. The van der Waals surface area contributed by atoms with Gasteiger partial charge in [-0.05, 0) is 49.8 Å². The summed E-state index contributed by atoms with van der Waals surface area (Å²) in [6.07, 6.45) is 11.0. The number of Topliss-reactive ketones (excluding diaryl/α,β-unsaturated/α-hetero) is 1. The van der Waals surface area contributed by atoms with Gasteiger partial charge in [0.1, 0.15) is 5.78 Å². The molecule has 26 heavy (non-hydrogen) atoms. The maximum atomic E-state index is 12.5. The molecule has 0 saturated carbocycles. The number of carbonyl (C=O) groups is 2. The van der Waals surface area contributed by atoms with Crippen LogP contribution >= 0.6 is 21.6 Å². The van der Waals surface area contributed by atoms with E-state index < -0.39 is 0 Å². The molecule has 4 nitrogen and oxygen atoms in total. The fourth-order valence-corrected chi connectivity index (χ4v) is 6.70. The van der Waals surface area contributed by atoms with E-state index in [0.29, 0.717) is 18.6 Å². The second-order valence-electron chi connectivity index (χ2n) is 7.23. The number of carbonyl (C=O) groups excluding carboxylic acids is 2. The summed E-state index contributed by atoms with van der Waals surface area (Å²) >= 11 is 0. The van der Waals surface area contributed by atoms with Gasteiger partial charge in [0.25, 0.3) is 0 Å². The zero-order valence-corrected chi connectivity index (χ0v) is 16.9. The predicted octanol–water partition coefficient (Wildman–Crippen LogP) is 4.15. The zero-order chi connectivity index (χ0) is 18.2. The van der Waals surface area contributed by atoms with Crippen molar-refractivity contribution in [2.45, 2.75) is 56.6 Å². The predicted molar refractivity (Wildman–Crippen MR) is 109 cm³/mol. The molecule has 1 amide bonds. The number of nitrogens with zero attached hydrogens (tertiary/aromatic N) is 2.